The lowest BCUT2D eigenvalue weighted by Gasteiger charge is -2.04. The van der Waals surface area contributed by atoms with E-state index < -0.39 is 0 Å². The van der Waals surface area contributed by atoms with Crippen molar-refractivity contribution >= 4 is 51.1 Å². The van der Waals surface area contributed by atoms with Crippen LogP contribution in [0.5, 0.6) is 0 Å². The molecule has 0 spiro atoms. The Labute approximate surface area is 119 Å². The molecule has 0 atom stereocenters. The van der Waals surface area contributed by atoms with Crippen molar-refractivity contribution < 1.29 is 0 Å². The maximum atomic E-state index is 11.5. The predicted octanol–water partition coefficient (Wildman–Crippen LogP) is 2.23. The zero-order valence-electron chi connectivity index (χ0n) is 8.00. The highest BCUT2D eigenvalue weighted by atomic mass is 127. The van der Waals surface area contributed by atoms with Gasteiger partial charge in [-0.1, -0.05) is 12.1 Å². The number of nitrogens with zero attached hydrogens (tertiary/aromatic N) is 1. The summed E-state index contributed by atoms with van der Waals surface area (Å²) in [6, 6.07) is 7.77. The molecule has 0 saturated heterocycles. The minimum Gasteiger partial charge on any atom is -0.369 e. The van der Waals surface area contributed by atoms with Gasteiger partial charge < -0.3 is 5.73 Å². The van der Waals surface area contributed by atoms with Crippen LogP contribution in [-0.4, -0.2) is 9.97 Å². The molecule has 0 saturated carbocycles. The number of nitrogens with two attached hydrogens (primary N) is 1. The molecule has 2 rings (SSSR count). The molecule has 0 fully saturated rings. The Morgan fingerprint density at radius 2 is 2.06 bits per heavy atom. The van der Waals surface area contributed by atoms with Crippen LogP contribution in [0.15, 0.2) is 29.1 Å². The maximum Gasteiger partial charge on any atom is 0.266 e. The Morgan fingerprint density at radius 3 is 2.75 bits per heavy atom. The largest absolute Gasteiger partial charge is 0.369 e. The molecule has 1 heterocycles. The van der Waals surface area contributed by atoms with Gasteiger partial charge in [-0.2, -0.15) is 0 Å². The number of nitrogen functional groups attached to an aromatic ring is 1. The fraction of sp³-hybridized carbons (Fsp3) is 0. The molecule has 1 aromatic carbocycles. The summed E-state index contributed by atoms with van der Waals surface area (Å²) >= 11 is 4.19. The van der Waals surface area contributed by atoms with Gasteiger partial charge in [-0.3, -0.25) is 9.78 Å². The molecule has 0 amide bonds. The topological polar surface area (TPSA) is 71.8 Å². The van der Waals surface area contributed by atoms with Crippen molar-refractivity contribution in [3.8, 4) is 11.3 Å². The van der Waals surface area contributed by atoms with Gasteiger partial charge in [0.05, 0.1) is 5.69 Å². The fourth-order valence-electron chi connectivity index (χ4n) is 1.30. The fourth-order valence-corrected chi connectivity index (χ4v) is 2.41. The van der Waals surface area contributed by atoms with Crippen molar-refractivity contribution in [1.29, 1.82) is 0 Å². The Morgan fingerprint density at radius 1 is 1.31 bits per heavy atom. The number of benzene rings is 1. The Balaban J connectivity index is 2.69. The van der Waals surface area contributed by atoms with E-state index >= 15 is 0 Å². The van der Waals surface area contributed by atoms with Gasteiger partial charge in [0.2, 0.25) is 5.95 Å². The Kier molecular flexibility index (Phi) is 3.47. The third-order valence-corrected chi connectivity index (χ3v) is 3.65. The van der Waals surface area contributed by atoms with E-state index in [1.54, 1.807) is 0 Å². The van der Waals surface area contributed by atoms with E-state index in [1.807, 2.05) is 46.9 Å². The molecule has 0 radical (unpaired) electrons. The number of aromatic nitrogens is 2. The summed E-state index contributed by atoms with van der Waals surface area (Å²) < 4.78 is 1.64. The van der Waals surface area contributed by atoms with Gasteiger partial charge >= 0.3 is 0 Å². The summed E-state index contributed by atoms with van der Waals surface area (Å²) in [6.07, 6.45) is 0. The lowest BCUT2D eigenvalue weighted by atomic mass is 10.1. The van der Waals surface area contributed by atoms with E-state index in [2.05, 4.69) is 32.6 Å². The van der Waals surface area contributed by atoms with Crippen molar-refractivity contribution in [2.24, 2.45) is 0 Å². The molecule has 6 heteroatoms. The highest BCUT2D eigenvalue weighted by molar-refractivity contribution is 14.1. The quantitative estimate of drug-likeness (QED) is 0.670. The normalized spacial score (nSPS) is 10.4. The monoisotopic (exact) mass is 439 g/mol. The first-order chi connectivity index (χ1) is 7.58. The van der Waals surface area contributed by atoms with E-state index in [0.29, 0.717) is 9.26 Å². The van der Waals surface area contributed by atoms with Crippen molar-refractivity contribution in [1.82, 2.24) is 9.97 Å². The minimum atomic E-state index is -0.207. The third-order valence-electron chi connectivity index (χ3n) is 1.98. The molecule has 0 aliphatic heterocycles. The SMILES string of the molecule is Nc1nc(-c2cccc(I)c2)c(I)c(=O)[nH]1. The standard InChI is InChI=1S/C10H7I2N3O/c11-6-3-1-2-5(4-6)8-7(12)9(16)15-10(13)14-8/h1-4H,(H3,13,14,15,16). The van der Waals surface area contributed by atoms with Crippen molar-refractivity contribution in [3.05, 3.63) is 41.8 Å². The van der Waals surface area contributed by atoms with Gasteiger partial charge in [-0.15, -0.1) is 0 Å². The number of aromatic amines is 1. The maximum absolute atomic E-state index is 11.5. The number of hydrogen-bond donors (Lipinski definition) is 2. The van der Waals surface area contributed by atoms with Crippen LogP contribution in [0.25, 0.3) is 11.3 Å². The van der Waals surface area contributed by atoms with Crippen LogP contribution >= 0.6 is 45.2 Å². The summed E-state index contributed by atoms with van der Waals surface area (Å²) in [4.78, 5) is 18.2. The first kappa shape index (κ1) is 11.8. The zero-order valence-corrected chi connectivity index (χ0v) is 12.3. The first-order valence-electron chi connectivity index (χ1n) is 4.39. The van der Waals surface area contributed by atoms with Crippen LogP contribution in [0.1, 0.15) is 0 Å². The highest BCUT2D eigenvalue weighted by Gasteiger charge is 2.09. The molecule has 0 aliphatic rings. The van der Waals surface area contributed by atoms with Crippen LogP contribution in [0.4, 0.5) is 5.95 Å². The molecular weight excluding hydrogens is 432 g/mol. The van der Waals surface area contributed by atoms with E-state index in [4.69, 9.17) is 5.73 Å². The number of hydrogen-bond acceptors (Lipinski definition) is 3. The van der Waals surface area contributed by atoms with E-state index in [9.17, 15) is 4.79 Å². The average Bonchev–Trinajstić information content (AvgIpc) is 2.23. The van der Waals surface area contributed by atoms with Crippen LogP contribution < -0.4 is 11.3 Å². The van der Waals surface area contributed by atoms with Gasteiger partial charge in [0.15, 0.2) is 0 Å². The lowest BCUT2D eigenvalue weighted by Crippen LogP contribution is -2.15. The molecule has 16 heavy (non-hydrogen) atoms. The molecule has 0 aliphatic carbocycles. The smallest absolute Gasteiger partial charge is 0.266 e. The molecule has 2 aromatic rings. The second-order valence-electron chi connectivity index (χ2n) is 3.12. The van der Waals surface area contributed by atoms with Gasteiger partial charge in [-0.05, 0) is 57.3 Å². The second-order valence-corrected chi connectivity index (χ2v) is 5.45. The molecule has 0 unspecified atom stereocenters. The summed E-state index contributed by atoms with van der Waals surface area (Å²) in [5, 5.41) is 0. The summed E-state index contributed by atoms with van der Waals surface area (Å²) in [7, 11) is 0. The highest BCUT2D eigenvalue weighted by Crippen LogP contribution is 2.22. The number of anilines is 1. The molecule has 1 aromatic heterocycles. The lowest BCUT2D eigenvalue weighted by molar-refractivity contribution is 1.12. The molecule has 82 valence electrons. The van der Waals surface area contributed by atoms with E-state index in [0.717, 1.165) is 9.13 Å². The Bertz CT molecular complexity index is 595. The van der Waals surface area contributed by atoms with E-state index in [-0.39, 0.29) is 11.5 Å². The van der Waals surface area contributed by atoms with Crippen LogP contribution in [-0.2, 0) is 0 Å². The predicted molar refractivity (Wildman–Crippen MR) is 80.1 cm³/mol. The van der Waals surface area contributed by atoms with Crippen molar-refractivity contribution in [3.63, 3.8) is 0 Å². The third kappa shape index (κ3) is 2.37. The van der Waals surface area contributed by atoms with Crippen molar-refractivity contribution in [2.75, 3.05) is 5.73 Å². The Hall–Kier alpha value is -0.640. The van der Waals surface area contributed by atoms with Crippen LogP contribution in [0.3, 0.4) is 0 Å². The summed E-state index contributed by atoms with van der Waals surface area (Å²) in [5.41, 5.74) is 6.85. The first-order valence-corrected chi connectivity index (χ1v) is 6.55. The number of nitrogens with one attached hydrogen (secondary N) is 1. The molecule has 0 bridgehead atoms. The number of H-pyrrole nitrogens is 1. The molecular formula is C10H7I2N3O. The van der Waals surface area contributed by atoms with Gasteiger partial charge in [0.25, 0.3) is 5.56 Å². The summed E-state index contributed by atoms with van der Waals surface area (Å²) in [6.45, 7) is 0. The van der Waals surface area contributed by atoms with Crippen LogP contribution in [0.2, 0.25) is 0 Å². The van der Waals surface area contributed by atoms with E-state index in [1.165, 1.54) is 0 Å². The van der Waals surface area contributed by atoms with Gasteiger partial charge in [-0.25, -0.2) is 4.98 Å². The number of halogens is 2. The van der Waals surface area contributed by atoms with Crippen LogP contribution in [0, 0.1) is 7.14 Å². The van der Waals surface area contributed by atoms with Crippen molar-refractivity contribution in [2.45, 2.75) is 0 Å². The second kappa shape index (κ2) is 4.70. The molecule has 3 N–H and O–H groups in total. The number of rotatable bonds is 1. The minimum absolute atomic E-state index is 0.138. The molecule has 4 nitrogen and oxygen atoms in total. The van der Waals surface area contributed by atoms with Gasteiger partial charge in [0.1, 0.15) is 3.57 Å². The average molecular weight is 439 g/mol. The van der Waals surface area contributed by atoms with Gasteiger partial charge in [0, 0.05) is 9.13 Å². The summed E-state index contributed by atoms with van der Waals surface area (Å²) in [5.74, 6) is 0.138. The zero-order chi connectivity index (χ0) is 11.7.